The Morgan fingerprint density at radius 3 is 2.38 bits per heavy atom. The fourth-order valence-corrected chi connectivity index (χ4v) is 8.08. The average molecular weight is 824 g/mol. The van der Waals surface area contributed by atoms with Crippen molar-refractivity contribution in [1.82, 2.24) is 25.2 Å². The number of pyridine rings is 1. The molecule has 0 radical (unpaired) electrons. The first-order chi connectivity index (χ1) is 26.0. The number of hydrogen-bond donors (Lipinski definition) is 3. The summed E-state index contributed by atoms with van der Waals surface area (Å²) in [6.45, 7) is 14.3. The molecule has 2 heterocycles. The lowest BCUT2D eigenvalue weighted by Crippen LogP contribution is -2.60. The van der Waals surface area contributed by atoms with Crippen molar-refractivity contribution in [2.24, 2.45) is 11.3 Å². The largest absolute Gasteiger partial charge is 0.488 e. The molecule has 0 unspecified atom stereocenters. The third-order valence-electron chi connectivity index (χ3n) is 10.0. The van der Waals surface area contributed by atoms with Crippen LogP contribution in [0, 0.1) is 11.3 Å². The van der Waals surface area contributed by atoms with E-state index in [0.29, 0.717) is 47.5 Å². The van der Waals surface area contributed by atoms with E-state index in [-0.39, 0.29) is 37.8 Å². The maximum absolute atomic E-state index is 14.6. The Kier molecular flexibility index (Phi) is 12.4. The van der Waals surface area contributed by atoms with Gasteiger partial charge in [-0.3, -0.25) is 14.4 Å². The Hall–Kier alpha value is -3.93. The maximum atomic E-state index is 14.6. The van der Waals surface area contributed by atoms with Crippen molar-refractivity contribution < 1.29 is 50.7 Å². The van der Waals surface area contributed by atoms with Crippen molar-refractivity contribution in [2.45, 2.75) is 122 Å². The van der Waals surface area contributed by atoms with Crippen molar-refractivity contribution in [3.05, 3.63) is 29.3 Å². The summed E-state index contributed by atoms with van der Waals surface area (Å²) in [6.07, 6.45) is 0.0612. The van der Waals surface area contributed by atoms with E-state index in [9.17, 15) is 27.6 Å². The van der Waals surface area contributed by atoms with Gasteiger partial charge in [-0.15, -0.1) is 0 Å². The van der Waals surface area contributed by atoms with Gasteiger partial charge in [0, 0.05) is 25.0 Å². The van der Waals surface area contributed by atoms with Crippen LogP contribution in [0.2, 0.25) is 5.02 Å². The van der Waals surface area contributed by atoms with Gasteiger partial charge in [0.15, 0.2) is 0 Å². The summed E-state index contributed by atoms with van der Waals surface area (Å²) in [4.78, 5) is 61.6. The van der Waals surface area contributed by atoms with Gasteiger partial charge in [0.25, 0.3) is 5.91 Å². The van der Waals surface area contributed by atoms with Crippen LogP contribution >= 0.6 is 11.6 Å². The number of carbonyl (C=O) groups is 4. The third-order valence-corrected chi connectivity index (χ3v) is 11.4. The molecule has 4 amide bonds. The fourth-order valence-electron chi connectivity index (χ4n) is 6.72. The number of ether oxygens (including phenoxy) is 4. The molecule has 18 heteroatoms. The number of rotatable bonds is 15. The van der Waals surface area contributed by atoms with Gasteiger partial charge in [0.05, 0.1) is 29.3 Å². The van der Waals surface area contributed by atoms with Crippen LogP contribution in [0.15, 0.2) is 24.3 Å². The summed E-state index contributed by atoms with van der Waals surface area (Å²) in [5.41, 5.74) is -3.73. The predicted molar refractivity (Wildman–Crippen MR) is 206 cm³/mol. The first kappa shape index (κ1) is 43.2. The molecule has 56 heavy (non-hydrogen) atoms. The van der Waals surface area contributed by atoms with Crippen molar-refractivity contribution in [1.29, 1.82) is 0 Å². The number of alkyl carbamates (subject to hydrolysis) is 1. The molecule has 2 aliphatic carbocycles. The summed E-state index contributed by atoms with van der Waals surface area (Å²) < 4.78 is 55.8. The molecule has 1 aromatic carbocycles. The molecule has 310 valence electrons. The first-order valence-corrected chi connectivity index (χ1v) is 20.6. The van der Waals surface area contributed by atoms with Crippen molar-refractivity contribution in [2.75, 3.05) is 26.9 Å². The molecular weight excluding hydrogens is 770 g/mol. The zero-order valence-corrected chi connectivity index (χ0v) is 35.0. The van der Waals surface area contributed by atoms with Gasteiger partial charge < -0.3 is 34.5 Å². The molecule has 3 N–H and O–H groups in total. The number of methoxy groups -OCH3 is 1. The summed E-state index contributed by atoms with van der Waals surface area (Å²) in [5, 5.41) is 6.42. The zero-order chi connectivity index (χ0) is 41.4. The zero-order valence-electron chi connectivity index (χ0n) is 33.4. The monoisotopic (exact) mass is 823 g/mol. The summed E-state index contributed by atoms with van der Waals surface area (Å²) >= 11 is 6.53. The van der Waals surface area contributed by atoms with E-state index >= 15 is 0 Å². The molecule has 2 aromatic rings. The van der Waals surface area contributed by atoms with Gasteiger partial charge in [0.1, 0.15) is 41.7 Å². The van der Waals surface area contributed by atoms with E-state index in [0.717, 1.165) is 0 Å². The number of carbonyl (C=O) groups excluding carboxylic acids is 4. The molecule has 5 rings (SSSR count). The smallest absolute Gasteiger partial charge is 0.408 e. The molecule has 0 bridgehead atoms. The van der Waals surface area contributed by atoms with E-state index in [1.807, 2.05) is 11.6 Å². The normalized spacial score (nSPS) is 23.5. The van der Waals surface area contributed by atoms with Gasteiger partial charge in [-0.05, 0) is 70.4 Å². The lowest BCUT2D eigenvalue weighted by atomic mass is 9.85. The molecule has 3 fully saturated rings. The van der Waals surface area contributed by atoms with Gasteiger partial charge in [-0.2, -0.15) is 8.42 Å². The predicted octanol–water partition coefficient (Wildman–Crippen LogP) is 4.42. The third kappa shape index (κ3) is 10.3. The Morgan fingerprint density at radius 1 is 1.09 bits per heavy atom. The van der Waals surface area contributed by atoms with Crippen LogP contribution in [0.4, 0.5) is 4.79 Å². The Labute approximate surface area is 333 Å². The number of benzene rings is 1. The molecule has 16 nitrogen and oxygen atoms in total. The lowest BCUT2D eigenvalue weighted by molar-refractivity contribution is -0.143. The molecule has 1 aliphatic heterocycles. The van der Waals surface area contributed by atoms with E-state index in [1.165, 1.54) is 4.90 Å². The standard InChI is InChI=1S/C38H54ClN5O11S/c1-10-22-20-38(22,33(47)43-56(49,50)55-37(8)14-15-37)42-31(45)26-18-23(21-44(26)32(46)30(35(2,3)4)41-34(48)54-36(5,6)7)53-27-19-28(52-17-16-51-9)40-29-24(27)12-11-13-25(29)39/h11-13,19,22-23,26,30H,10,14-18,20-21H2,1-9H3,(H,41,48)(H,42,45)(H,43,47)/t22-,23-,26+,30-,38-/m1/s1. The van der Waals surface area contributed by atoms with Crippen LogP contribution in [-0.4, -0.2) is 104 Å². The van der Waals surface area contributed by atoms with E-state index in [4.69, 9.17) is 34.7 Å². The fraction of sp³-hybridized carbons (Fsp3) is 0.658. The topological polar surface area (TPSA) is 201 Å². The highest BCUT2D eigenvalue weighted by atomic mass is 35.5. The van der Waals surface area contributed by atoms with E-state index < -0.39 is 74.5 Å². The minimum Gasteiger partial charge on any atom is -0.488 e. The molecule has 0 spiro atoms. The molecule has 3 aliphatic rings. The van der Waals surface area contributed by atoms with E-state index in [2.05, 4.69) is 15.6 Å². The van der Waals surface area contributed by atoms with Crippen molar-refractivity contribution in [3.63, 3.8) is 0 Å². The Balaban J connectivity index is 1.47. The number of aromatic nitrogens is 1. The number of fused-ring (bicyclic) bond motifs is 1. The molecule has 5 atom stereocenters. The second kappa shape index (κ2) is 16.1. The highest BCUT2D eigenvalue weighted by molar-refractivity contribution is 7.85. The Bertz CT molecular complexity index is 1950. The van der Waals surface area contributed by atoms with Crippen LogP contribution < -0.4 is 24.8 Å². The van der Waals surface area contributed by atoms with Crippen molar-refractivity contribution >= 4 is 56.6 Å². The van der Waals surface area contributed by atoms with Crippen LogP contribution in [0.25, 0.3) is 10.9 Å². The number of amides is 4. The quantitative estimate of drug-likeness (QED) is 0.214. The van der Waals surface area contributed by atoms with Gasteiger partial charge in [-0.1, -0.05) is 51.8 Å². The number of nitrogens with zero attached hydrogens (tertiary/aromatic N) is 2. The summed E-state index contributed by atoms with van der Waals surface area (Å²) in [6, 6.07) is 4.43. The highest BCUT2D eigenvalue weighted by Gasteiger charge is 2.62. The number of para-hydroxylation sites is 1. The molecule has 1 saturated heterocycles. The number of halogens is 1. The summed E-state index contributed by atoms with van der Waals surface area (Å²) in [5.74, 6) is -2.03. The lowest BCUT2D eigenvalue weighted by Gasteiger charge is -2.36. The van der Waals surface area contributed by atoms with Crippen LogP contribution in [-0.2, 0) is 38.3 Å². The van der Waals surface area contributed by atoms with Gasteiger partial charge in [0.2, 0.25) is 17.7 Å². The minimum absolute atomic E-state index is 0.0284. The SMILES string of the molecule is CC[C@@H]1C[C@]1(NC(=O)[C@@H]1C[C@@H](Oc2cc(OCCOC)nc3c(Cl)cccc23)CN1C(=O)[C@@H](NC(=O)OC(C)(C)C)C(C)(C)C)C(=O)NS(=O)(=O)OC1(C)CC1. The second-order valence-corrected chi connectivity index (χ2v) is 18.7. The Morgan fingerprint density at radius 2 is 1.79 bits per heavy atom. The van der Waals surface area contributed by atoms with Crippen LogP contribution in [0.3, 0.4) is 0 Å². The number of likely N-dealkylation sites (tertiary alicyclic amines) is 1. The second-order valence-electron chi connectivity index (χ2n) is 17.1. The van der Waals surface area contributed by atoms with Crippen LogP contribution in [0.5, 0.6) is 11.6 Å². The van der Waals surface area contributed by atoms with E-state index in [1.54, 1.807) is 79.8 Å². The summed E-state index contributed by atoms with van der Waals surface area (Å²) in [7, 11) is -2.93. The first-order valence-electron chi connectivity index (χ1n) is 18.8. The van der Waals surface area contributed by atoms with Gasteiger partial charge in [-0.25, -0.2) is 18.7 Å². The highest BCUT2D eigenvalue weighted by Crippen LogP contribution is 2.47. The number of nitrogens with one attached hydrogen (secondary N) is 3. The van der Waals surface area contributed by atoms with Crippen LogP contribution in [0.1, 0.15) is 87.5 Å². The maximum Gasteiger partial charge on any atom is 0.408 e. The molecular formula is C38H54ClN5O11S. The van der Waals surface area contributed by atoms with Crippen molar-refractivity contribution in [3.8, 4) is 11.6 Å². The molecule has 2 saturated carbocycles. The molecule has 1 aromatic heterocycles. The average Bonchev–Trinajstić information content (AvgIpc) is 3.94. The van der Waals surface area contributed by atoms with Gasteiger partial charge >= 0.3 is 16.4 Å². The number of hydrogen-bond acceptors (Lipinski definition) is 12. The minimum atomic E-state index is -4.48.